The number of hydrogen-bond acceptors (Lipinski definition) is 6. The molecule has 0 saturated carbocycles. The normalized spacial score (nSPS) is 15.4. The van der Waals surface area contributed by atoms with Gasteiger partial charge in [0.2, 0.25) is 15.9 Å². The number of thioether (sulfide) groups is 1. The quantitative estimate of drug-likeness (QED) is 0.656. The van der Waals surface area contributed by atoms with Crippen LogP contribution in [0.4, 0.5) is 11.4 Å². The van der Waals surface area contributed by atoms with Gasteiger partial charge in [0, 0.05) is 49.5 Å². The molecule has 30 heavy (non-hydrogen) atoms. The maximum atomic E-state index is 12.7. The van der Waals surface area contributed by atoms with Crippen LogP contribution in [0.15, 0.2) is 58.3 Å². The van der Waals surface area contributed by atoms with E-state index in [9.17, 15) is 13.2 Å². The Labute approximate surface area is 183 Å². The fraction of sp³-hybridized carbons (Fsp3) is 0.381. The molecule has 1 aliphatic heterocycles. The van der Waals surface area contributed by atoms with Crippen LogP contribution in [0.1, 0.15) is 0 Å². The molecule has 0 atom stereocenters. The number of carbonyl (C=O) groups is 1. The summed E-state index contributed by atoms with van der Waals surface area (Å²) < 4.78 is 26.4. The van der Waals surface area contributed by atoms with Crippen molar-refractivity contribution < 1.29 is 13.2 Å². The van der Waals surface area contributed by atoms with Crippen LogP contribution in [0.3, 0.4) is 0 Å². The van der Waals surface area contributed by atoms with Crippen molar-refractivity contribution in [1.29, 1.82) is 0 Å². The van der Waals surface area contributed by atoms with Gasteiger partial charge in [0.25, 0.3) is 0 Å². The van der Waals surface area contributed by atoms with Crippen molar-refractivity contribution in [3.63, 3.8) is 0 Å². The minimum Gasteiger partial charge on any atom is -0.369 e. The molecule has 0 aromatic heterocycles. The van der Waals surface area contributed by atoms with Crippen LogP contribution in [0.2, 0.25) is 0 Å². The monoisotopic (exact) mass is 448 g/mol. The third-order valence-corrected chi connectivity index (χ3v) is 7.71. The number of hydrogen-bond donors (Lipinski definition) is 1. The zero-order valence-electron chi connectivity index (χ0n) is 17.5. The predicted molar refractivity (Wildman–Crippen MR) is 123 cm³/mol. The largest absolute Gasteiger partial charge is 0.369 e. The van der Waals surface area contributed by atoms with Crippen molar-refractivity contribution in [2.24, 2.45) is 0 Å². The Hall–Kier alpha value is -2.07. The number of likely N-dealkylation sites (N-methyl/N-ethyl adjacent to an activating group) is 2. The van der Waals surface area contributed by atoms with Crippen molar-refractivity contribution >= 4 is 39.1 Å². The Morgan fingerprint density at radius 3 is 2.20 bits per heavy atom. The number of piperazine rings is 1. The van der Waals surface area contributed by atoms with Crippen LogP contribution in [0.5, 0.6) is 0 Å². The van der Waals surface area contributed by atoms with E-state index in [0.29, 0.717) is 5.69 Å². The summed E-state index contributed by atoms with van der Waals surface area (Å²) in [5.41, 5.74) is 1.77. The molecule has 0 aliphatic carbocycles. The number of nitrogens with zero attached hydrogens (tertiary/aromatic N) is 3. The molecule has 1 aliphatic rings. The highest BCUT2D eigenvalue weighted by Crippen LogP contribution is 2.21. The van der Waals surface area contributed by atoms with Gasteiger partial charge in [0.05, 0.1) is 11.4 Å². The van der Waals surface area contributed by atoms with Gasteiger partial charge in [-0.3, -0.25) is 4.79 Å². The van der Waals surface area contributed by atoms with Crippen LogP contribution in [0.25, 0.3) is 0 Å². The zero-order chi connectivity index (χ0) is 21.7. The van der Waals surface area contributed by atoms with E-state index in [1.165, 1.54) is 7.05 Å². The molecular weight excluding hydrogens is 420 g/mol. The zero-order valence-corrected chi connectivity index (χ0v) is 19.2. The number of amides is 1. The molecule has 2 aromatic rings. The van der Waals surface area contributed by atoms with Crippen LogP contribution in [0, 0.1) is 0 Å². The summed E-state index contributed by atoms with van der Waals surface area (Å²) in [6, 6.07) is 14.3. The van der Waals surface area contributed by atoms with E-state index in [1.807, 2.05) is 30.5 Å². The van der Waals surface area contributed by atoms with Crippen molar-refractivity contribution in [1.82, 2.24) is 9.21 Å². The number of rotatable bonds is 7. The van der Waals surface area contributed by atoms with Gasteiger partial charge in [-0.05, 0) is 61.8 Å². The molecule has 0 radical (unpaired) electrons. The third-order valence-electron chi connectivity index (χ3n) is 5.15. The van der Waals surface area contributed by atoms with E-state index < -0.39 is 10.0 Å². The van der Waals surface area contributed by atoms with Gasteiger partial charge in [0.1, 0.15) is 0 Å². The topological polar surface area (TPSA) is 73.0 Å². The molecule has 162 valence electrons. The summed E-state index contributed by atoms with van der Waals surface area (Å²) in [6.07, 6.45) is 1.93. The molecule has 0 unspecified atom stereocenters. The van der Waals surface area contributed by atoms with Gasteiger partial charge in [-0.1, -0.05) is 0 Å². The van der Waals surface area contributed by atoms with E-state index in [4.69, 9.17) is 0 Å². The second kappa shape index (κ2) is 9.82. The Bertz CT molecular complexity index is 955. The summed E-state index contributed by atoms with van der Waals surface area (Å²) in [7, 11) is -0.196. The van der Waals surface area contributed by atoms with E-state index in [0.717, 1.165) is 41.1 Å². The van der Waals surface area contributed by atoms with Gasteiger partial charge in [0.15, 0.2) is 0 Å². The lowest BCUT2D eigenvalue weighted by Gasteiger charge is -2.34. The van der Waals surface area contributed by atoms with Crippen molar-refractivity contribution in [2.75, 3.05) is 63.3 Å². The average molecular weight is 449 g/mol. The molecule has 0 spiro atoms. The summed E-state index contributed by atoms with van der Waals surface area (Å²) >= 11 is 1.54. The van der Waals surface area contributed by atoms with Crippen molar-refractivity contribution in [3.05, 3.63) is 48.5 Å². The molecule has 1 saturated heterocycles. The van der Waals surface area contributed by atoms with Crippen molar-refractivity contribution in [3.8, 4) is 0 Å². The van der Waals surface area contributed by atoms with Gasteiger partial charge < -0.3 is 15.1 Å². The Morgan fingerprint density at radius 1 is 1.03 bits per heavy atom. The lowest BCUT2D eigenvalue weighted by atomic mass is 10.2. The first-order chi connectivity index (χ1) is 14.3. The molecular formula is C21H28N4O3S2. The lowest BCUT2D eigenvalue weighted by molar-refractivity contribution is -0.116. The molecule has 3 rings (SSSR count). The Balaban J connectivity index is 1.57. The predicted octanol–water partition coefficient (Wildman–Crippen LogP) is 2.42. The molecule has 0 bridgehead atoms. The van der Waals surface area contributed by atoms with Gasteiger partial charge in [-0.25, -0.2) is 8.42 Å². The second-order valence-corrected chi connectivity index (χ2v) is 10.2. The molecule has 1 heterocycles. The van der Waals surface area contributed by atoms with E-state index in [-0.39, 0.29) is 17.3 Å². The molecule has 1 N–H and O–H groups in total. The number of sulfonamides is 1. The van der Waals surface area contributed by atoms with Crippen molar-refractivity contribution in [2.45, 2.75) is 9.79 Å². The summed E-state index contributed by atoms with van der Waals surface area (Å²) in [5, 5.41) is 2.78. The molecule has 2 aromatic carbocycles. The van der Waals surface area contributed by atoms with E-state index in [2.05, 4.69) is 22.2 Å². The molecule has 1 amide bonds. The second-order valence-electron chi connectivity index (χ2n) is 7.32. The van der Waals surface area contributed by atoms with Gasteiger partial charge in [-0.2, -0.15) is 4.31 Å². The van der Waals surface area contributed by atoms with Crippen LogP contribution >= 0.6 is 11.8 Å². The Kier molecular flexibility index (Phi) is 7.41. The number of nitrogens with one attached hydrogen (secondary N) is 1. The highest BCUT2D eigenvalue weighted by atomic mass is 32.2. The van der Waals surface area contributed by atoms with Gasteiger partial charge in [-0.15, -0.1) is 11.8 Å². The highest BCUT2D eigenvalue weighted by molar-refractivity contribution is 7.98. The fourth-order valence-corrected chi connectivity index (χ4v) is 4.77. The lowest BCUT2D eigenvalue weighted by Crippen LogP contribution is -2.44. The van der Waals surface area contributed by atoms with Crippen LogP contribution in [-0.2, 0) is 14.8 Å². The fourth-order valence-electron chi connectivity index (χ4n) is 3.24. The molecule has 9 heteroatoms. The summed E-state index contributed by atoms with van der Waals surface area (Å²) in [5.74, 6) is -0.380. The van der Waals surface area contributed by atoms with Crippen LogP contribution in [-0.4, -0.2) is 76.6 Å². The first-order valence-corrected chi connectivity index (χ1v) is 12.4. The standard InChI is InChI=1S/C21H28N4O3S2/c1-23-12-14-25(15-13-23)18-6-4-17(5-7-18)22-21(26)16-24(2)30(27,28)20-10-8-19(29-3)9-11-20/h4-11H,12-16H2,1-3H3,(H,22,26). The Morgan fingerprint density at radius 2 is 1.63 bits per heavy atom. The number of benzene rings is 2. The average Bonchev–Trinajstić information content (AvgIpc) is 2.75. The minimum atomic E-state index is -3.72. The SMILES string of the molecule is CSc1ccc(S(=O)(=O)N(C)CC(=O)Nc2ccc(N3CCN(C)CC3)cc2)cc1. The van der Waals surface area contributed by atoms with E-state index in [1.54, 1.807) is 36.0 Å². The maximum Gasteiger partial charge on any atom is 0.243 e. The number of carbonyl (C=O) groups excluding carboxylic acids is 1. The smallest absolute Gasteiger partial charge is 0.243 e. The molecule has 1 fully saturated rings. The van der Waals surface area contributed by atoms with Crippen LogP contribution < -0.4 is 10.2 Å². The first-order valence-electron chi connectivity index (χ1n) is 9.73. The van der Waals surface area contributed by atoms with E-state index >= 15 is 0 Å². The summed E-state index contributed by atoms with van der Waals surface area (Å²) in [4.78, 5) is 18.2. The van der Waals surface area contributed by atoms with Gasteiger partial charge >= 0.3 is 0 Å². The summed E-state index contributed by atoms with van der Waals surface area (Å²) in [6.45, 7) is 3.75. The first kappa shape index (κ1) is 22.6. The third kappa shape index (κ3) is 5.54. The number of anilines is 2. The molecule has 7 nitrogen and oxygen atoms in total. The minimum absolute atomic E-state index is 0.173. The highest BCUT2D eigenvalue weighted by Gasteiger charge is 2.23. The maximum absolute atomic E-state index is 12.7.